The summed E-state index contributed by atoms with van der Waals surface area (Å²) in [7, 11) is 0. The predicted octanol–water partition coefficient (Wildman–Crippen LogP) is 6.92. The van der Waals surface area contributed by atoms with Gasteiger partial charge in [0.2, 0.25) is 5.91 Å². The lowest BCUT2D eigenvalue weighted by Gasteiger charge is -2.32. The van der Waals surface area contributed by atoms with Crippen molar-refractivity contribution >= 4 is 11.6 Å². The predicted molar refractivity (Wildman–Crippen MR) is 136 cm³/mol. The van der Waals surface area contributed by atoms with Crippen molar-refractivity contribution in [2.75, 3.05) is 13.1 Å². The van der Waals surface area contributed by atoms with Crippen LogP contribution in [-0.4, -0.2) is 44.9 Å². The summed E-state index contributed by atoms with van der Waals surface area (Å²) in [5.41, 5.74) is 2.55. The first-order valence-electron chi connectivity index (χ1n) is 12.5. The Balaban J connectivity index is 0.000000262. The minimum atomic E-state index is -4.72. The van der Waals surface area contributed by atoms with Crippen LogP contribution in [-0.2, 0) is 4.79 Å². The van der Waals surface area contributed by atoms with E-state index in [1.807, 2.05) is 45.6 Å². The number of carbonyl (C=O) groups is 1. The molecule has 0 bridgehead atoms. The zero-order chi connectivity index (χ0) is 26.9. The summed E-state index contributed by atoms with van der Waals surface area (Å²) in [6.07, 6.45) is 0.523. The Kier molecular flexibility index (Phi) is 10.7. The van der Waals surface area contributed by atoms with E-state index in [9.17, 15) is 18.0 Å². The second-order valence-electron chi connectivity index (χ2n) is 8.80. The van der Waals surface area contributed by atoms with Crippen molar-refractivity contribution < 1.29 is 22.7 Å². The molecule has 6 nitrogen and oxygen atoms in total. The van der Waals surface area contributed by atoms with Crippen LogP contribution < -0.4 is 4.74 Å². The van der Waals surface area contributed by atoms with Crippen molar-refractivity contribution in [1.82, 2.24) is 19.5 Å². The van der Waals surface area contributed by atoms with E-state index in [0.717, 1.165) is 24.7 Å². The van der Waals surface area contributed by atoms with Gasteiger partial charge >= 0.3 is 6.36 Å². The highest BCUT2D eigenvalue weighted by Crippen LogP contribution is 2.28. The molecule has 1 aliphatic heterocycles. The van der Waals surface area contributed by atoms with E-state index in [1.54, 1.807) is 22.8 Å². The monoisotopic (exact) mass is 506 g/mol. The number of likely N-dealkylation sites (tertiary alicyclic amines) is 1. The molecule has 0 spiro atoms. The maximum absolute atomic E-state index is 12.3. The summed E-state index contributed by atoms with van der Waals surface area (Å²) in [6.45, 7) is 14.0. The number of hydrogen-bond acceptors (Lipinski definition) is 4. The number of halogens is 3. The van der Waals surface area contributed by atoms with E-state index < -0.39 is 6.36 Å². The fraction of sp³-hybridized carbons (Fsp3) is 0.519. The van der Waals surface area contributed by atoms with Crippen LogP contribution in [0.2, 0.25) is 0 Å². The highest BCUT2D eigenvalue weighted by Gasteiger charge is 2.31. The van der Waals surface area contributed by atoms with Gasteiger partial charge in [-0.15, -0.1) is 13.2 Å². The summed E-state index contributed by atoms with van der Waals surface area (Å²) in [6, 6.07) is 9.33. The molecule has 0 radical (unpaired) electrons. The maximum Gasteiger partial charge on any atom is 0.573 e. The molecule has 1 aliphatic rings. The number of alkyl halides is 3. The third-order valence-corrected chi connectivity index (χ3v) is 5.86. The standard InChI is InChI=1S/C14H10F3N3O.C11H21NO.C2H6/c1-9-5-6-13-18-8-12(20(13)19-9)10-3-2-4-11(7-10)21-14(15,16)17;1-4-10-5-7-12(8-6-10)11(13)9(2)3;1-2/h2-8H,1H3;9-10H,4-8H2,1-3H3;1-2H3. The molecule has 3 heterocycles. The van der Waals surface area contributed by atoms with E-state index in [-0.39, 0.29) is 11.7 Å². The number of carbonyl (C=O) groups excluding carboxylic acids is 1. The van der Waals surface area contributed by atoms with E-state index >= 15 is 0 Å². The quantitative estimate of drug-likeness (QED) is 0.385. The number of nitrogens with zero attached hydrogens (tertiary/aromatic N) is 4. The molecule has 198 valence electrons. The SMILES string of the molecule is CC.CCC1CCN(C(=O)C(C)C)CC1.Cc1ccc2ncc(-c3cccc(OC(F)(F)F)c3)n2n1. The molecule has 3 aromatic rings. The Bertz CT molecular complexity index is 1100. The molecule has 1 fully saturated rings. The van der Waals surface area contributed by atoms with Crippen LogP contribution in [0.25, 0.3) is 16.9 Å². The highest BCUT2D eigenvalue weighted by molar-refractivity contribution is 5.78. The van der Waals surface area contributed by atoms with Crippen molar-refractivity contribution in [1.29, 1.82) is 0 Å². The Morgan fingerprint density at radius 1 is 1.14 bits per heavy atom. The van der Waals surface area contributed by atoms with Gasteiger partial charge < -0.3 is 9.64 Å². The molecule has 1 amide bonds. The molecule has 0 unspecified atom stereocenters. The van der Waals surface area contributed by atoms with Gasteiger partial charge in [0.25, 0.3) is 0 Å². The summed E-state index contributed by atoms with van der Waals surface area (Å²) < 4.78 is 42.3. The number of aromatic nitrogens is 3. The van der Waals surface area contributed by atoms with Gasteiger partial charge in [0.05, 0.1) is 17.6 Å². The number of imidazole rings is 1. The molecule has 0 saturated carbocycles. The summed E-state index contributed by atoms with van der Waals surface area (Å²) in [5, 5.41) is 4.31. The number of fused-ring (bicyclic) bond motifs is 1. The van der Waals surface area contributed by atoms with Gasteiger partial charge in [-0.05, 0) is 49.9 Å². The lowest BCUT2D eigenvalue weighted by molar-refractivity contribution is -0.274. The number of amides is 1. The molecular formula is C27H37F3N4O2. The number of hydrogen-bond donors (Lipinski definition) is 0. The molecule has 0 N–H and O–H groups in total. The van der Waals surface area contributed by atoms with E-state index in [4.69, 9.17) is 0 Å². The molecule has 0 atom stereocenters. The first-order valence-corrected chi connectivity index (χ1v) is 12.5. The molecule has 36 heavy (non-hydrogen) atoms. The largest absolute Gasteiger partial charge is 0.573 e. The van der Waals surface area contributed by atoms with Gasteiger partial charge in [-0.3, -0.25) is 4.79 Å². The van der Waals surface area contributed by atoms with Gasteiger partial charge in [0.1, 0.15) is 5.75 Å². The first-order chi connectivity index (χ1) is 17.1. The average Bonchev–Trinajstić information content (AvgIpc) is 3.27. The van der Waals surface area contributed by atoms with Gasteiger partial charge in [0, 0.05) is 24.6 Å². The fourth-order valence-corrected chi connectivity index (χ4v) is 3.94. The Hall–Kier alpha value is -3.10. The normalized spacial score (nSPS) is 14.1. The Labute approximate surface area is 211 Å². The number of ether oxygens (including phenoxy) is 1. The van der Waals surface area contributed by atoms with Crippen molar-refractivity contribution in [3.63, 3.8) is 0 Å². The Morgan fingerprint density at radius 3 is 2.39 bits per heavy atom. The molecule has 1 saturated heterocycles. The third kappa shape index (κ3) is 8.24. The molecule has 9 heteroatoms. The Morgan fingerprint density at radius 2 is 1.81 bits per heavy atom. The molecule has 0 aliphatic carbocycles. The summed E-state index contributed by atoms with van der Waals surface area (Å²) >= 11 is 0. The number of aryl methyl sites for hydroxylation is 1. The summed E-state index contributed by atoms with van der Waals surface area (Å²) in [4.78, 5) is 17.8. The highest BCUT2D eigenvalue weighted by atomic mass is 19.4. The number of benzene rings is 1. The van der Waals surface area contributed by atoms with Gasteiger partial charge in [0.15, 0.2) is 5.65 Å². The van der Waals surface area contributed by atoms with Crippen molar-refractivity contribution in [2.45, 2.75) is 67.2 Å². The van der Waals surface area contributed by atoms with E-state index in [0.29, 0.717) is 22.8 Å². The minimum Gasteiger partial charge on any atom is -0.406 e. The van der Waals surface area contributed by atoms with Gasteiger partial charge in [-0.1, -0.05) is 53.2 Å². The zero-order valence-corrected chi connectivity index (χ0v) is 22.0. The van der Waals surface area contributed by atoms with Crippen LogP contribution in [0.3, 0.4) is 0 Å². The average molecular weight is 507 g/mol. The zero-order valence-electron chi connectivity index (χ0n) is 22.0. The fourth-order valence-electron chi connectivity index (χ4n) is 3.94. The van der Waals surface area contributed by atoms with Crippen LogP contribution in [0.15, 0.2) is 42.6 Å². The minimum absolute atomic E-state index is 0.165. The molecule has 4 rings (SSSR count). The summed E-state index contributed by atoms with van der Waals surface area (Å²) in [5.74, 6) is 1.08. The van der Waals surface area contributed by atoms with Crippen LogP contribution in [0.4, 0.5) is 13.2 Å². The van der Waals surface area contributed by atoms with Gasteiger partial charge in [-0.2, -0.15) is 5.10 Å². The first kappa shape index (κ1) is 29.1. The van der Waals surface area contributed by atoms with Crippen LogP contribution in [0.5, 0.6) is 5.75 Å². The number of piperidine rings is 1. The molecular weight excluding hydrogens is 469 g/mol. The lowest BCUT2D eigenvalue weighted by Crippen LogP contribution is -2.40. The van der Waals surface area contributed by atoms with Crippen molar-refractivity contribution in [3.05, 3.63) is 48.3 Å². The third-order valence-electron chi connectivity index (χ3n) is 5.86. The van der Waals surface area contributed by atoms with Crippen LogP contribution in [0, 0.1) is 18.8 Å². The van der Waals surface area contributed by atoms with Crippen molar-refractivity contribution in [3.8, 4) is 17.0 Å². The lowest BCUT2D eigenvalue weighted by atomic mass is 9.94. The van der Waals surface area contributed by atoms with E-state index in [2.05, 4.69) is 21.7 Å². The maximum atomic E-state index is 12.3. The van der Waals surface area contributed by atoms with E-state index in [1.165, 1.54) is 37.5 Å². The van der Waals surface area contributed by atoms with Crippen molar-refractivity contribution in [2.24, 2.45) is 11.8 Å². The molecule has 2 aromatic heterocycles. The van der Waals surface area contributed by atoms with Crippen LogP contribution in [0.1, 0.15) is 59.6 Å². The smallest absolute Gasteiger partial charge is 0.406 e. The van der Waals surface area contributed by atoms with Gasteiger partial charge in [-0.25, -0.2) is 9.50 Å². The molecule has 1 aromatic carbocycles. The number of rotatable bonds is 4. The van der Waals surface area contributed by atoms with Crippen LogP contribution >= 0.6 is 0 Å². The second kappa shape index (κ2) is 13.3. The second-order valence-corrected chi connectivity index (χ2v) is 8.80. The topological polar surface area (TPSA) is 59.7 Å².